The van der Waals surface area contributed by atoms with Gasteiger partial charge in [0.15, 0.2) is 5.76 Å². The molecule has 0 fully saturated rings. The Bertz CT molecular complexity index is 1560. The highest BCUT2D eigenvalue weighted by molar-refractivity contribution is 7.21. The fourth-order valence-electron chi connectivity index (χ4n) is 3.74. The van der Waals surface area contributed by atoms with Gasteiger partial charge in [-0.2, -0.15) is 0 Å². The van der Waals surface area contributed by atoms with Crippen molar-refractivity contribution in [1.82, 2.24) is 10.1 Å². The maximum atomic E-state index is 12.6. The maximum absolute atomic E-state index is 12.6. The minimum absolute atomic E-state index is 0.227. The molecule has 2 N–H and O–H groups in total. The molecule has 0 aliphatic heterocycles. The number of nitrogens with zero attached hydrogens (tertiary/aromatic N) is 2. The molecule has 0 radical (unpaired) electrons. The van der Waals surface area contributed by atoms with Gasteiger partial charge in [0.05, 0.1) is 15.8 Å². The van der Waals surface area contributed by atoms with E-state index >= 15 is 0 Å². The van der Waals surface area contributed by atoms with Gasteiger partial charge in [-0.05, 0) is 37.6 Å². The number of carbonyl (C=O) groups is 2. The lowest BCUT2D eigenvalue weighted by Gasteiger charge is -2.14. The number of thiazole rings is 1. The van der Waals surface area contributed by atoms with E-state index in [4.69, 9.17) is 9.26 Å². The van der Waals surface area contributed by atoms with E-state index in [0.717, 1.165) is 31.9 Å². The summed E-state index contributed by atoms with van der Waals surface area (Å²) in [5.41, 5.74) is 4.42. The molecule has 0 saturated carbocycles. The molecule has 1 unspecified atom stereocenters. The number of carbonyl (C=O) groups excluding carboxylic acids is 1. The molecule has 1 amide bonds. The Balaban J connectivity index is 1.35. The van der Waals surface area contributed by atoms with E-state index in [9.17, 15) is 14.7 Å². The van der Waals surface area contributed by atoms with Crippen LogP contribution in [0.2, 0.25) is 0 Å². The average molecular weight is 500 g/mol. The van der Waals surface area contributed by atoms with Crippen molar-refractivity contribution < 1.29 is 24.0 Å². The van der Waals surface area contributed by atoms with Crippen LogP contribution in [0.5, 0.6) is 0 Å². The Hall–Kier alpha value is -4.50. The lowest BCUT2D eigenvalue weighted by Crippen LogP contribution is -2.16. The van der Waals surface area contributed by atoms with Crippen molar-refractivity contribution in [2.75, 3.05) is 5.32 Å². The number of nitrogens with one attached hydrogen (secondary N) is 1. The molecule has 5 rings (SSSR count). The second kappa shape index (κ2) is 9.63. The summed E-state index contributed by atoms with van der Waals surface area (Å²) < 4.78 is 11.8. The highest BCUT2D eigenvalue weighted by atomic mass is 32.1. The van der Waals surface area contributed by atoms with Crippen molar-refractivity contribution in [3.63, 3.8) is 0 Å². The van der Waals surface area contributed by atoms with Crippen molar-refractivity contribution in [2.45, 2.75) is 20.0 Å². The zero-order valence-electron chi connectivity index (χ0n) is 19.4. The molecule has 0 aliphatic rings. The van der Waals surface area contributed by atoms with Crippen LogP contribution < -0.4 is 5.32 Å². The van der Waals surface area contributed by atoms with Gasteiger partial charge in [-0.3, -0.25) is 5.32 Å². The monoisotopic (exact) mass is 499 g/mol. The first-order chi connectivity index (χ1) is 17.4. The number of hydrogen-bond acceptors (Lipinski definition) is 7. The molecule has 8 nitrogen and oxygen atoms in total. The summed E-state index contributed by atoms with van der Waals surface area (Å²) in [7, 11) is 0. The van der Waals surface area contributed by atoms with E-state index < -0.39 is 18.2 Å². The molecule has 0 saturated heterocycles. The van der Waals surface area contributed by atoms with Crippen molar-refractivity contribution in [1.29, 1.82) is 0 Å². The van der Waals surface area contributed by atoms with Crippen LogP contribution >= 0.6 is 11.3 Å². The fraction of sp³-hybridized carbons (Fsp3) is 0.111. The van der Waals surface area contributed by atoms with Crippen LogP contribution in [0, 0.1) is 6.92 Å². The van der Waals surface area contributed by atoms with E-state index in [1.54, 1.807) is 32.0 Å². The van der Waals surface area contributed by atoms with Crippen LogP contribution in [0.1, 0.15) is 34.6 Å². The number of carboxylic acids is 1. The lowest BCUT2D eigenvalue weighted by atomic mass is 10.1. The SMILES string of the molecule is Cc1noc(-c2ccc(-c3nc4ccc(C(=O)O)cc4s3)cc2)c1NC(=O)OC(C)c1ccccc1. The first-order valence-electron chi connectivity index (χ1n) is 11.1. The third-order valence-corrected chi connectivity index (χ3v) is 6.74. The van der Waals surface area contributed by atoms with Crippen LogP contribution in [0.25, 0.3) is 32.1 Å². The number of benzene rings is 3. The lowest BCUT2D eigenvalue weighted by molar-refractivity contribution is 0.0697. The minimum atomic E-state index is -0.971. The third-order valence-electron chi connectivity index (χ3n) is 5.67. The summed E-state index contributed by atoms with van der Waals surface area (Å²) in [6.45, 7) is 3.55. The number of ether oxygens (including phenoxy) is 1. The molecule has 1 atom stereocenters. The Labute approximate surface area is 210 Å². The summed E-state index contributed by atoms with van der Waals surface area (Å²) in [6, 6.07) is 21.8. The first-order valence-corrected chi connectivity index (χ1v) is 11.9. The van der Waals surface area contributed by atoms with Crippen LogP contribution in [0.15, 0.2) is 77.3 Å². The summed E-state index contributed by atoms with van der Waals surface area (Å²) in [6.07, 6.45) is -1.03. The molecule has 3 aromatic carbocycles. The molecule has 2 heterocycles. The zero-order chi connectivity index (χ0) is 25.2. The number of aromatic carboxylic acids is 1. The van der Waals surface area contributed by atoms with Crippen molar-refractivity contribution >= 4 is 39.3 Å². The predicted octanol–water partition coefficient (Wildman–Crippen LogP) is 6.93. The van der Waals surface area contributed by atoms with Gasteiger partial charge < -0.3 is 14.4 Å². The van der Waals surface area contributed by atoms with Crippen molar-refractivity contribution in [3.8, 4) is 21.9 Å². The van der Waals surface area contributed by atoms with Gasteiger partial charge in [0.2, 0.25) is 0 Å². The van der Waals surface area contributed by atoms with Crippen LogP contribution in [0.3, 0.4) is 0 Å². The molecular weight excluding hydrogens is 478 g/mol. The largest absolute Gasteiger partial charge is 0.478 e. The van der Waals surface area contributed by atoms with Gasteiger partial charge in [-0.1, -0.05) is 59.8 Å². The number of hydrogen-bond donors (Lipinski definition) is 2. The fourth-order valence-corrected chi connectivity index (χ4v) is 4.75. The number of aryl methyl sites for hydroxylation is 1. The average Bonchev–Trinajstić information content (AvgIpc) is 3.47. The molecule has 9 heteroatoms. The van der Waals surface area contributed by atoms with Gasteiger partial charge in [0.25, 0.3) is 0 Å². The van der Waals surface area contributed by atoms with E-state index in [0.29, 0.717) is 17.1 Å². The van der Waals surface area contributed by atoms with Gasteiger partial charge in [0.1, 0.15) is 22.5 Å². The second-order valence-electron chi connectivity index (χ2n) is 8.14. The molecule has 36 heavy (non-hydrogen) atoms. The molecule has 2 aromatic heterocycles. The number of anilines is 1. The van der Waals surface area contributed by atoms with Crippen LogP contribution in [0.4, 0.5) is 10.5 Å². The number of rotatable bonds is 6. The van der Waals surface area contributed by atoms with Crippen molar-refractivity contribution in [2.24, 2.45) is 0 Å². The second-order valence-corrected chi connectivity index (χ2v) is 9.17. The Morgan fingerprint density at radius 1 is 1.03 bits per heavy atom. The van der Waals surface area contributed by atoms with E-state index in [2.05, 4.69) is 15.5 Å². The van der Waals surface area contributed by atoms with Crippen LogP contribution in [-0.2, 0) is 4.74 Å². The number of carboxylic acid groups (broad SMARTS) is 1. The summed E-state index contributed by atoms with van der Waals surface area (Å²) >= 11 is 1.42. The van der Waals surface area contributed by atoms with Gasteiger partial charge in [-0.25, -0.2) is 14.6 Å². The van der Waals surface area contributed by atoms with E-state index in [1.165, 1.54) is 11.3 Å². The normalized spacial score (nSPS) is 11.8. The Kier molecular flexibility index (Phi) is 6.22. The summed E-state index contributed by atoms with van der Waals surface area (Å²) in [5, 5.41) is 16.8. The standard InChI is InChI=1S/C27H21N3O5S/c1-15-23(29-27(33)34-16(2)17-6-4-3-5-7-17)24(35-30-15)18-8-10-19(11-9-18)25-28-21-13-12-20(26(31)32)14-22(21)36-25/h3-14,16H,1-2H3,(H,29,33)(H,31,32). The summed E-state index contributed by atoms with van der Waals surface area (Å²) in [5.74, 6) is -0.555. The predicted molar refractivity (Wildman–Crippen MR) is 137 cm³/mol. The molecule has 0 spiro atoms. The highest BCUT2D eigenvalue weighted by Crippen LogP contribution is 2.35. The van der Waals surface area contributed by atoms with Crippen LogP contribution in [-0.4, -0.2) is 27.3 Å². The molecule has 0 aliphatic carbocycles. The number of aromatic nitrogens is 2. The third kappa shape index (κ3) is 4.69. The highest BCUT2D eigenvalue weighted by Gasteiger charge is 2.20. The van der Waals surface area contributed by atoms with Gasteiger partial charge in [0, 0.05) is 11.1 Å². The Morgan fingerprint density at radius 2 is 1.75 bits per heavy atom. The topological polar surface area (TPSA) is 115 Å². The Morgan fingerprint density at radius 3 is 2.47 bits per heavy atom. The first kappa shape index (κ1) is 23.3. The van der Waals surface area contributed by atoms with E-state index in [-0.39, 0.29) is 5.56 Å². The zero-order valence-corrected chi connectivity index (χ0v) is 20.2. The van der Waals surface area contributed by atoms with Gasteiger partial charge in [-0.15, -0.1) is 11.3 Å². The minimum Gasteiger partial charge on any atom is -0.478 e. The molecule has 180 valence electrons. The molecule has 5 aromatic rings. The quantitative estimate of drug-likeness (QED) is 0.260. The van der Waals surface area contributed by atoms with Gasteiger partial charge >= 0.3 is 12.1 Å². The van der Waals surface area contributed by atoms with Crippen molar-refractivity contribution in [3.05, 3.63) is 89.6 Å². The summed E-state index contributed by atoms with van der Waals surface area (Å²) in [4.78, 5) is 28.4. The molecular formula is C27H21N3O5S. The smallest absolute Gasteiger partial charge is 0.412 e. The number of fused-ring (bicyclic) bond motifs is 1. The molecule has 0 bridgehead atoms. The maximum Gasteiger partial charge on any atom is 0.412 e. The number of amides is 1. The van der Waals surface area contributed by atoms with E-state index in [1.807, 2.05) is 54.6 Å².